The van der Waals surface area contributed by atoms with Crippen molar-refractivity contribution in [3.8, 4) is 0 Å². The van der Waals surface area contributed by atoms with E-state index in [4.69, 9.17) is 5.11 Å². The average molecular weight is 298 g/mol. The Kier molecular flexibility index (Phi) is 5.28. The first kappa shape index (κ1) is 16.6. The summed E-state index contributed by atoms with van der Waals surface area (Å²) in [4.78, 5) is 26.7. The first-order valence-electron chi connectivity index (χ1n) is 6.59. The molecule has 1 amide bonds. The molecule has 2 N–H and O–H groups in total. The topological polar surface area (TPSA) is 79.3 Å². The highest BCUT2D eigenvalue weighted by Gasteiger charge is 2.24. The van der Waals surface area contributed by atoms with E-state index in [9.17, 15) is 9.59 Å². The molecule has 0 saturated carbocycles. The molecule has 0 fully saturated rings. The van der Waals surface area contributed by atoms with E-state index < -0.39 is 5.97 Å². The van der Waals surface area contributed by atoms with Crippen molar-refractivity contribution in [1.82, 2.24) is 10.3 Å². The van der Waals surface area contributed by atoms with E-state index in [0.717, 1.165) is 0 Å². The lowest BCUT2D eigenvalue weighted by Gasteiger charge is -2.27. The fourth-order valence-corrected chi connectivity index (χ4v) is 2.33. The van der Waals surface area contributed by atoms with E-state index in [0.29, 0.717) is 11.4 Å². The SMILES string of the molecule is CC(NC(=O)CC(C)C(C)(C)C)c1nc(C(=O)O)cs1. The number of aromatic nitrogens is 1. The molecule has 5 nitrogen and oxygen atoms in total. The second kappa shape index (κ2) is 6.35. The second-order valence-electron chi connectivity index (χ2n) is 6.14. The summed E-state index contributed by atoms with van der Waals surface area (Å²) < 4.78 is 0. The molecule has 0 aliphatic heterocycles. The minimum absolute atomic E-state index is 0.0224. The summed E-state index contributed by atoms with van der Waals surface area (Å²) in [5.41, 5.74) is 0.104. The molecular weight excluding hydrogens is 276 g/mol. The zero-order valence-corrected chi connectivity index (χ0v) is 13.4. The summed E-state index contributed by atoms with van der Waals surface area (Å²) in [5.74, 6) is -0.819. The van der Waals surface area contributed by atoms with Crippen LogP contribution in [0.1, 0.15) is 62.6 Å². The van der Waals surface area contributed by atoms with Gasteiger partial charge < -0.3 is 10.4 Å². The van der Waals surface area contributed by atoms with Crippen molar-refractivity contribution in [1.29, 1.82) is 0 Å². The largest absolute Gasteiger partial charge is 0.476 e. The standard InChI is InChI=1S/C14H22N2O3S/c1-8(14(3,4)5)6-11(17)15-9(2)12-16-10(7-20-12)13(18)19/h7-9H,6H2,1-5H3,(H,15,17)(H,18,19). The smallest absolute Gasteiger partial charge is 0.355 e. The number of carboxylic acids is 1. The quantitative estimate of drug-likeness (QED) is 0.875. The fourth-order valence-electron chi connectivity index (χ4n) is 1.53. The summed E-state index contributed by atoms with van der Waals surface area (Å²) in [6, 6.07) is -0.271. The molecule has 0 aliphatic carbocycles. The number of nitrogens with one attached hydrogen (secondary N) is 1. The lowest BCUT2D eigenvalue weighted by atomic mass is 9.80. The maximum absolute atomic E-state index is 12.0. The van der Waals surface area contributed by atoms with Gasteiger partial charge in [-0.05, 0) is 18.3 Å². The van der Waals surface area contributed by atoms with Crippen LogP contribution in [-0.4, -0.2) is 22.0 Å². The number of carboxylic acid groups (broad SMARTS) is 1. The van der Waals surface area contributed by atoms with Gasteiger partial charge in [-0.25, -0.2) is 9.78 Å². The number of rotatable bonds is 5. The van der Waals surface area contributed by atoms with Crippen LogP contribution < -0.4 is 5.32 Å². The molecule has 0 saturated heterocycles. The Hall–Kier alpha value is -1.43. The molecule has 0 bridgehead atoms. The van der Waals surface area contributed by atoms with Crippen molar-refractivity contribution in [3.05, 3.63) is 16.1 Å². The normalized spacial score (nSPS) is 14.7. The molecule has 1 rings (SSSR count). The molecule has 1 heterocycles. The maximum Gasteiger partial charge on any atom is 0.355 e. The molecule has 0 aromatic carbocycles. The van der Waals surface area contributed by atoms with Gasteiger partial charge in [-0.15, -0.1) is 11.3 Å². The van der Waals surface area contributed by atoms with E-state index in [1.165, 1.54) is 16.7 Å². The van der Waals surface area contributed by atoms with Crippen LogP contribution >= 0.6 is 11.3 Å². The minimum Gasteiger partial charge on any atom is -0.476 e. The van der Waals surface area contributed by atoms with Crippen LogP contribution in [0.5, 0.6) is 0 Å². The number of thiazole rings is 1. The van der Waals surface area contributed by atoms with Crippen molar-refractivity contribution in [2.24, 2.45) is 11.3 Å². The highest BCUT2D eigenvalue weighted by atomic mass is 32.1. The number of hydrogen-bond donors (Lipinski definition) is 2. The molecule has 0 radical (unpaired) electrons. The highest BCUT2D eigenvalue weighted by Crippen LogP contribution is 2.28. The maximum atomic E-state index is 12.0. The lowest BCUT2D eigenvalue weighted by molar-refractivity contribution is -0.123. The number of aromatic carboxylic acids is 1. The molecule has 0 aliphatic rings. The third kappa shape index (κ3) is 4.59. The fraction of sp³-hybridized carbons (Fsp3) is 0.643. The van der Waals surface area contributed by atoms with Gasteiger partial charge >= 0.3 is 5.97 Å². The van der Waals surface area contributed by atoms with Crippen LogP contribution in [0, 0.1) is 11.3 Å². The second-order valence-corrected chi connectivity index (χ2v) is 7.03. The van der Waals surface area contributed by atoms with E-state index in [1.807, 2.05) is 6.92 Å². The van der Waals surface area contributed by atoms with Crippen molar-refractivity contribution in [2.45, 2.75) is 47.1 Å². The molecule has 2 atom stereocenters. The Balaban J connectivity index is 2.59. The molecule has 1 aromatic heterocycles. The molecule has 112 valence electrons. The molecule has 1 aromatic rings. The number of nitrogens with zero attached hydrogens (tertiary/aromatic N) is 1. The van der Waals surface area contributed by atoms with Gasteiger partial charge in [0.25, 0.3) is 0 Å². The van der Waals surface area contributed by atoms with Crippen LogP contribution in [0.4, 0.5) is 0 Å². The van der Waals surface area contributed by atoms with Gasteiger partial charge in [0.2, 0.25) is 5.91 Å². The summed E-state index contributed by atoms with van der Waals surface area (Å²) >= 11 is 1.25. The van der Waals surface area contributed by atoms with E-state index in [2.05, 4.69) is 38.0 Å². The Bertz CT molecular complexity index is 491. The average Bonchev–Trinajstić information content (AvgIpc) is 2.76. The third-order valence-corrected chi connectivity index (χ3v) is 4.49. The van der Waals surface area contributed by atoms with Gasteiger partial charge in [-0.2, -0.15) is 0 Å². The first-order valence-corrected chi connectivity index (χ1v) is 7.47. The van der Waals surface area contributed by atoms with Gasteiger partial charge in [0.1, 0.15) is 5.01 Å². The molecular formula is C14H22N2O3S. The molecule has 0 spiro atoms. The Labute approximate surface area is 123 Å². The summed E-state index contributed by atoms with van der Waals surface area (Å²) in [6.07, 6.45) is 0.449. The summed E-state index contributed by atoms with van der Waals surface area (Å²) in [6.45, 7) is 10.2. The Morgan fingerprint density at radius 1 is 1.40 bits per heavy atom. The van der Waals surface area contributed by atoms with Gasteiger partial charge in [0, 0.05) is 11.8 Å². The minimum atomic E-state index is -1.05. The van der Waals surface area contributed by atoms with Gasteiger partial charge in [0.05, 0.1) is 6.04 Å². The number of carbonyl (C=O) groups is 2. The predicted molar refractivity (Wildman–Crippen MR) is 78.9 cm³/mol. The third-order valence-electron chi connectivity index (χ3n) is 3.46. The highest BCUT2D eigenvalue weighted by molar-refractivity contribution is 7.09. The molecule has 2 unspecified atom stereocenters. The molecule has 20 heavy (non-hydrogen) atoms. The zero-order chi connectivity index (χ0) is 15.5. The van der Waals surface area contributed by atoms with E-state index in [1.54, 1.807) is 0 Å². The number of carbonyl (C=O) groups excluding carboxylic acids is 1. The van der Waals surface area contributed by atoms with Crippen LogP contribution in [-0.2, 0) is 4.79 Å². The van der Waals surface area contributed by atoms with E-state index >= 15 is 0 Å². The Morgan fingerprint density at radius 2 is 2.00 bits per heavy atom. The lowest BCUT2D eigenvalue weighted by Crippen LogP contribution is -2.31. The monoisotopic (exact) mass is 298 g/mol. The summed E-state index contributed by atoms with van der Waals surface area (Å²) in [7, 11) is 0. The van der Waals surface area contributed by atoms with Crippen molar-refractivity contribution < 1.29 is 14.7 Å². The van der Waals surface area contributed by atoms with Crippen LogP contribution in [0.25, 0.3) is 0 Å². The van der Waals surface area contributed by atoms with Gasteiger partial charge in [-0.1, -0.05) is 27.7 Å². The van der Waals surface area contributed by atoms with Crippen molar-refractivity contribution in [3.63, 3.8) is 0 Å². The van der Waals surface area contributed by atoms with Gasteiger partial charge in [0.15, 0.2) is 5.69 Å². The summed E-state index contributed by atoms with van der Waals surface area (Å²) in [5, 5.41) is 13.8. The Morgan fingerprint density at radius 3 is 2.45 bits per heavy atom. The predicted octanol–water partition coefficient (Wildman–Crippen LogP) is 3.09. The zero-order valence-electron chi connectivity index (χ0n) is 12.6. The van der Waals surface area contributed by atoms with Crippen molar-refractivity contribution >= 4 is 23.2 Å². The van der Waals surface area contributed by atoms with Crippen molar-refractivity contribution in [2.75, 3.05) is 0 Å². The number of amides is 1. The van der Waals surface area contributed by atoms with Gasteiger partial charge in [-0.3, -0.25) is 4.79 Å². The van der Waals surface area contributed by atoms with Crippen LogP contribution in [0.3, 0.4) is 0 Å². The molecule has 6 heteroatoms. The van der Waals surface area contributed by atoms with Crippen LogP contribution in [0.15, 0.2) is 5.38 Å². The number of hydrogen-bond acceptors (Lipinski definition) is 4. The van der Waals surface area contributed by atoms with E-state index in [-0.39, 0.29) is 29.0 Å². The van der Waals surface area contributed by atoms with Crippen LogP contribution in [0.2, 0.25) is 0 Å². The first-order chi connectivity index (χ1) is 9.11.